The largest absolute Gasteiger partial charge is 0.336 e. The molecule has 0 aliphatic carbocycles. The van der Waals surface area contributed by atoms with Crippen LogP contribution in [0.4, 0.5) is 0 Å². The summed E-state index contributed by atoms with van der Waals surface area (Å²) in [7, 11) is 0. The molecule has 1 aliphatic rings. The number of benzene rings is 1. The van der Waals surface area contributed by atoms with Gasteiger partial charge in [0, 0.05) is 27.1 Å². The van der Waals surface area contributed by atoms with Crippen molar-refractivity contribution in [2.24, 2.45) is 0 Å². The molecule has 2 rings (SSSR count). The maximum Gasteiger partial charge on any atom is 0.254 e. The van der Waals surface area contributed by atoms with Gasteiger partial charge in [-0.15, -0.1) is 0 Å². The first-order chi connectivity index (χ1) is 8.11. The molecule has 1 heterocycles. The highest BCUT2D eigenvalue weighted by molar-refractivity contribution is 9.11. The Hall–Kier alpha value is -0.350. The number of hydrogen-bond donors (Lipinski definition) is 0. The molecule has 17 heavy (non-hydrogen) atoms. The van der Waals surface area contributed by atoms with E-state index >= 15 is 0 Å². The van der Waals surface area contributed by atoms with Gasteiger partial charge in [0.1, 0.15) is 0 Å². The zero-order valence-electron chi connectivity index (χ0n) is 9.75. The summed E-state index contributed by atoms with van der Waals surface area (Å²) < 4.78 is 1.87. The molecule has 0 aromatic heterocycles. The van der Waals surface area contributed by atoms with Crippen LogP contribution in [-0.4, -0.2) is 23.4 Å². The first-order valence-corrected chi connectivity index (χ1v) is 7.47. The molecular weight excluding hydrogens is 346 g/mol. The molecule has 1 fully saturated rings. The van der Waals surface area contributed by atoms with Crippen molar-refractivity contribution >= 4 is 37.8 Å². The molecule has 4 heteroatoms. The molecule has 2 nitrogen and oxygen atoms in total. The number of amides is 1. The average molecular weight is 361 g/mol. The van der Waals surface area contributed by atoms with E-state index in [1.807, 2.05) is 23.1 Å². The fourth-order valence-electron chi connectivity index (χ4n) is 2.37. The first-order valence-electron chi connectivity index (χ1n) is 5.89. The second kappa shape index (κ2) is 5.53. The van der Waals surface area contributed by atoms with Crippen LogP contribution in [0.3, 0.4) is 0 Å². The molecule has 0 radical (unpaired) electrons. The standard InChI is InChI=1S/C13H15Br2NO/c1-2-12-4-3-5-16(12)13(17)9-6-10(14)8-11(15)7-9/h6-8,12H,2-5H2,1H3. The highest BCUT2D eigenvalue weighted by Crippen LogP contribution is 2.25. The Morgan fingerprint density at radius 2 is 2.00 bits per heavy atom. The van der Waals surface area contributed by atoms with Crippen molar-refractivity contribution in [1.29, 1.82) is 0 Å². The number of carbonyl (C=O) groups excluding carboxylic acids is 1. The predicted molar refractivity (Wildman–Crippen MR) is 76.2 cm³/mol. The maximum absolute atomic E-state index is 12.4. The molecule has 0 spiro atoms. The quantitative estimate of drug-likeness (QED) is 0.772. The minimum absolute atomic E-state index is 0.149. The van der Waals surface area contributed by atoms with Crippen molar-refractivity contribution in [3.8, 4) is 0 Å². The number of hydrogen-bond acceptors (Lipinski definition) is 1. The summed E-state index contributed by atoms with van der Waals surface area (Å²) in [5.41, 5.74) is 0.756. The van der Waals surface area contributed by atoms with Crippen LogP contribution in [0, 0.1) is 0 Å². The van der Waals surface area contributed by atoms with E-state index in [0.29, 0.717) is 6.04 Å². The zero-order valence-corrected chi connectivity index (χ0v) is 12.9. The van der Waals surface area contributed by atoms with Crippen molar-refractivity contribution < 1.29 is 4.79 Å². The number of likely N-dealkylation sites (tertiary alicyclic amines) is 1. The first kappa shape index (κ1) is 13.1. The van der Waals surface area contributed by atoms with Crippen molar-refractivity contribution in [3.63, 3.8) is 0 Å². The van der Waals surface area contributed by atoms with E-state index in [4.69, 9.17) is 0 Å². The van der Waals surface area contributed by atoms with Crippen LogP contribution in [0.25, 0.3) is 0 Å². The summed E-state index contributed by atoms with van der Waals surface area (Å²) in [5.74, 6) is 0.149. The Morgan fingerprint density at radius 3 is 2.59 bits per heavy atom. The van der Waals surface area contributed by atoms with E-state index in [1.54, 1.807) is 0 Å². The fraction of sp³-hybridized carbons (Fsp3) is 0.462. The molecule has 0 bridgehead atoms. The molecule has 0 N–H and O–H groups in total. The Kier molecular flexibility index (Phi) is 4.26. The minimum Gasteiger partial charge on any atom is -0.336 e. The third-order valence-electron chi connectivity index (χ3n) is 3.22. The van der Waals surface area contributed by atoms with Crippen molar-refractivity contribution in [2.45, 2.75) is 32.2 Å². The third kappa shape index (κ3) is 2.91. The molecule has 1 atom stereocenters. The van der Waals surface area contributed by atoms with Crippen LogP contribution in [0.15, 0.2) is 27.1 Å². The van der Waals surface area contributed by atoms with Crippen LogP contribution in [-0.2, 0) is 0 Å². The molecule has 1 amide bonds. The Bertz CT molecular complexity index is 413. The van der Waals surface area contributed by atoms with Crippen molar-refractivity contribution in [1.82, 2.24) is 4.90 Å². The van der Waals surface area contributed by atoms with E-state index in [2.05, 4.69) is 38.8 Å². The lowest BCUT2D eigenvalue weighted by Crippen LogP contribution is -2.35. The molecular formula is C13H15Br2NO. The van der Waals surface area contributed by atoms with Crippen molar-refractivity contribution in [2.75, 3.05) is 6.54 Å². The van der Waals surface area contributed by atoms with Gasteiger partial charge in [-0.05, 0) is 37.5 Å². The molecule has 1 aromatic rings. The predicted octanol–water partition coefficient (Wildman–Crippen LogP) is 4.23. The second-order valence-electron chi connectivity index (χ2n) is 4.36. The van der Waals surface area contributed by atoms with E-state index < -0.39 is 0 Å². The zero-order chi connectivity index (χ0) is 12.4. The Labute approximate surface area is 119 Å². The summed E-state index contributed by atoms with van der Waals surface area (Å²) in [4.78, 5) is 14.4. The maximum atomic E-state index is 12.4. The molecule has 92 valence electrons. The van der Waals surface area contributed by atoms with Gasteiger partial charge in [0.15, 0.2) is 0 Å². The highest BCUT2D eigenvalue weighted by atomic mass is 79.9. The van der Waals surface area contributed by atoms with Gasteiger partial charge in [0.25, 0.3) is 5.91 Å². The van der Waals surface area contributed by atoms with Crippen LogP contribution >= 0.6 is 31.9 Å². The van der Waals surface area contributed by atoms with Gasteiger partial charge >= 0.3 is 0 Å². The topological polar surface area (TPSA) is 20.3 Å². The van der Waals surface area contributed by atoms with E-state index in [-0.39, 0.29) is 5.91 Å². The Morgan fingerprint density at radius 1 is 1.35 bits per heavy atom. The highest BCUT2D eigenvalue weighted by Gasteiger charge is 2.28. The van der Waals surface area contributed by atoms with Crippen molar-refractivity contribution in [3.05, 3.63) is 32.7 Å². The van der Waals surface area contributed by atoms with E-state index in [0.717, 1.165) is 40.3 Å². The number of rotatable bonds is 2. The lowest BCUT2D eigenvalue weighted by molar-refractivity contribution is 0.0733. The number of nitrogens with zero attached hydrogens (tertiary/aromatic N) is 1. The second-order valence-corrected chi connectivity index (χ2v) is 6.19. The summed E-state index contributed by atoms with van der Waals surface area (Å²) in [5, 5.41) is 0. The summed E-state index contributed by atoms with van der Waals surface area (Å²) >= 11 is 6.84. The summed E-state index contributed by atoms with van der Waals surface area (Å²) in [6.45, 7) is 3.04. The van der Waals surface area contributed by atoms with Crippen LogP contribution in [0.5, 0.6) is 0 Å². The van der Waals surface area contributed by atoms with E-state index in [9.17, 15) is 4.79 Å². The van der Waals surface area contributed by atoms with E-state index in [1.165, 1.54) is 0 Å². The van der Waals surface area contributed by atoms with Crippen LogP contribution in [0.1, 0.15) is 36.5 Å². The lowest BCUT2D eigenvalue weighted by atomic mass is 10.1. The monoisotopic (exact) mass is 359 g/mol. The van der Waals surface area contributed by atoms with Crippen LogP contribution < -0.4 is 0 Å². The fourth-order valence-corrected chi connectivity index (χ4v) is 3.66. The summed E-state index contributed by atoms with van der Waals surface area (Å²) in [6, 6.07) is 6.13. The third-order valence-corrected chi connectivity index (χ3v) is 4.13. The summed E-state index contributed by atoms with van der Waals surface area (Å²) in [6.07, 6.45) is 3.30. The average Bonchev–Trinajstić information content (AvgIpc) is 2.74. The SMILES string of the molecule is CCC1CCCN1C(=O)c1cc(Br)cc(Br)c1. The molecule has 1 aliphatic heterocycles. The molecule has 1 saturated heterocycles. The van der Waals surface area contributed by atoms with Gasteiger partial charge in [-0.2, -0.15) is 0 Å². The number of halogens is 2. The molecule has 1 unspecified atom stereocenters. The Balaban J connectivity index is 2.24. The minimum atomic E-state index is 0.149. The van der Waals surface area contributed by atoms with Gasteiger partial charge in [0.05, 0.1) is 0 Å². The van der Waals surface area contributed by atoms with Gasteiger partial charge in [-0.25, -0.2) is 0 Å². The van der Waals surface area contributed by atoms with Gasteiger partial charge in [0.2, 0.25) is 0 Å². The van der Waals surface area contributed by atoms with Gasteiger partial charge in [-0.1, -0.05) is 38.8 Å². The number of carbonyl (C=O) groups is 1. The van der Waals surface area contributed by atoms with Gasteiger partial charge in [-0.3, -0.25) is 4.79 Å². The lowest BCUT2D eigenvalue weighted by Gasteiger charge is -2.23. The molecule has 0 saturated carbocycles. The molecule has 1 aromatic carbocycles. The van der Waals surface area contributed by atoms with Gasteiger partial charge < -0.3 is 4.90 Å². The normalized spacial score (nSPS) is 19.7. The van der Waals surface area contributed by atoms with Crippen LogP contribution in [0.2, 0.25) is 0 Å². The smallest absolute Gasteiger partial charge is 0.254 e.